The third-order valence-electron chi connectivity index (χ3n) is 3.06. The lowest BCUT2D eigenvalue weighted by Gasteiger charge is -2.23. The van der Waals surface area contributed by atoms with E-state index in [-0.39, 0.29) is 5.69 Å². The van der Waals surface area contributed by atoms with Crippen LogP contribution in [0.25, 0.3) is 0 Å². The molecule has 2 rings (SSSR count). The van der Waals surface area contributed by atoms with E-state index < -0.39 is 4.92 Å². The topological polar surface area (TPSA) is 77.3 Å². The van der Waals surface area contributed by atoms with Gasteiger partial charge < -0.3 is 10.1 Å². The zero-order valence-corrected chi connectivity index (χ0v) is 10.2. The summed E-state index contributed by atoms with van der Waals surface area (Å²) in [6.07, 6.45) is 5.87. The fourth-order valence-electron chi connectivity index (χ4n) is 2.04. The van der Waals surface area contributed by atoms with Gasteiger partial charge in [-0.2, -0.15) is 0 Å². The molecule has 1 aliphatic rings. The standard InChI is InChI=1S/C12H17N3O3/c16-15(17)11-4-5-12(14-9-11)18-8-6-10-3-1-2-7-13-10/h4-5,9-10,13H,1-3,6-8H2/t10-/m1/s1. The van der Waals surface area contributed by atoms with E-state index in [9.17, 15) is 10.1 Å². The normalized spacial score (nSPS) is 19.4. The second-order valence-electron chi connectivity index (χ2n) is 4.40. The molecule has 0 spiro atoms. The highest BCUT2D eigenvalue weighted by Gasteiger charge is 2.12. The molecule has 98 valence electrons. The van der Waals surface area contributed by atoms with E-state index in [0.29, 0.717) is 18.5 Å². The van der Waals surface area contributed by atoms with E-state index in [2.05, 4.69) is 10.3 Å². The van der Waals surface area contributed by atoms with Crippen molar-refractivity contribution in [1.29, 1.82) is 0 Å². The predicted molar refractivity (Wildman–Crippen MR) is 66.6 cm³/mol. The lowest BCUT2D eigenvalue weighted by molar-refractivity contribution is -0.385. The first-order chi connectivity index (χ1) is 8.75. The van der Waals surface area contributed by atoms with Gasteiger partial charge in [0, 0.05) is 18.2 Å². The molecule has 1 atom stereocenters. The second kappa shape index (κ2) is 6.30. The number of nitrogens with one attached hydrogen (secondary N) is 1. The molecule has 1 aromatic heterocycles. The summed E-state index contributed by atoms with van der Waals surface area (Å²) in [6, 6.07) is 3.46. The minimum Gasteiger partial charge on any atom is -0.478 e. The molecule has 0 bridgehead atoms. The molecule has 0 aromatic carbocycles. The van der Waals surface area contributed by atoms with E-state index in [0.717, 1.165) is 13.0 Å². The third kappa shape index (κ3) is 3.66. The maximum atomic E-state index is 10.4. The van der Waals surface area contributed by atoms with Crippen LogP contribution in [0.2, 0.25) is 0 Å². The Bertz CT molecular complexity index is 388. The van der Waals surface area contributed by atoms with Gasteiger partial charge in [0.05, 0.1) is 11.5 Å². The van der Waals surface area contributed by atoms with Crippen LogP contribution in [0.3, 0.4) is 0 Å². The Morgan fingerprint density at radius 3 is 3.00 bits per heavy atom. The summed E-state index contributed by atoms with van der Waals surface area (Å²) < 4.78 is 5.47. The summed E-state index contributed by atoms with van der Waals surface area (Å²) in [5, 5.41) is 13.9. The van der Waals surface area contributed by atoms with Crippen LogP contribution in [0.4, 0.5) is 5.69 Å². The number of rotatable bonds is 5. The van der Waals surface area contributed by atoms with Crippen LogP contribution in [-0.4, -0.2) is 29.1 Å². The fraction of sp³-hybridized carbons (Fsp3) is 0.583. The quantitative estimate of drug-likeness (QED) is 0.638. The van der Waals surface area contributed by atoms with Crippen molar-refractivity contribution in [1.82, 2.24) is 10.3 Å². The number of piperidine rings is 1. The van der Waals surface area contributed by atoms with Crippen LogP contribution < -0.4 is 10.1 Å². The van der Waals surface area contributed by atoms with Gasteiger partial charge in [0.1, 0.15) is 6.20 Å². The highest BCUT2D eigenvalue weighted by atomic mass is 16.6. The lowest BCUT2D eigenvalue weighted by atomic mass is 10.0. The number of ether oxygens (including phenoxy) is 1. The SMILES string of the molecule is O=[N+]([O-])c1ccc(OCC[C@H]2CCCCN2)nc1. The van der Waals surface area contributed by atoms with Gasteiger partial charge in [-0.25, -0.2) is 4.98 Å². The molecule has 1 N–H and O–H groups in total. The van der Waals surface area contributed by atoms with Crippen LogP contribution in [0.15, 0.2) is 18.3 Å². The molecule has 6 nitrogen and oxygen atoms in total. The number of hydrogen-bond donors (Lipinski definition) is 1. The first-order valence-electron chi connectivity index (χ1n) is 6.22. The third-order valence-corrected chi connectivity index (χ3v) is 3.06. The average molecular weight is 251 g/mol. The van der Waals surface area contributed by atoms with E-state index in [4.69, 9.17) is 4.74 Å². The Morgan fingerprint density at radius 2 is 2.39 bits per heavy atom. The molecule has 18 heavy (non-hydrogen) atoms. The summed E-state index contributed by atoms with van der Waals surface area (Å²) in [5.74, 6) is 0.441. The molecule has 0 unspecified atom stereocenters. The van der Waals surface area contributed by atoms with Crippen LogP contribution in [0.1, 0.15) is 25.7 Å². The maximum absolute atomic E-state index is 10.4. The van der Waals surface area contributed by atoms with Crippen molar-refractivity contribution in [3.05, 3.63) is 28.4 Å². The molecule has 0 radical (unpaired) electrons. The van der Waals surface area contributed by atoms with Crippen molar-refractivity contribution in [3.8, 4) is 5.88 Å². The van der Waals surface area contributed by atoms with Gasteiger partial charge in [-0.05, 0) is 25.8 Å². The maximum Gasteiger partial charge on any atom is 0.287 e. The number of pyridine rings is 1. The van der Waals surface area contributed by atoms with Crippen LogP contribution in [0, 0.1) is 10.1 Å². The minimum absolute atomic E-state index is 0.0173. The van der Waals surface area contributed by atoms with Gasteiger partial charge in [0.25, 0.3) is 5.69 Å². The Morgan fingerprint density at radius 1 is 1.50 bits per heavy atom. The Balaban J connectivity index is 1.74. The fourth-order valence-corrected chi connectivity index (χ4v) is 2.04. The van der Waals surface area contributed by atoms with Crippen LogP contribution in [0.5, 0.6) is 5.88 Å². The number of nitro groups is 1. The van der Waals surface area contributed by atoms with Crippen LogP contribution in [-0.2, 0) is 0 Å². The summed E-state index contributed by atoms with van der Waals surface area (Å²) in [5.41, 5.74) is -0.0173. The molecular formula is C12H17N3O3. The molecule has 1 saturated heterocycles. The average Bonchev–Trinajstić information content (AvgIpc) is 2.40. The largest absolute Gasteiger partial charge is 0.478 e. The van der Waals surface area contributed by atoms with Gasteiger partial charge in [-0.1, -0.05) is 6.42 Å². The predicted octanol–water partition coefficient (Wildman–Crippen LogP) is 1.90. The smallest absolute Gasteiger partial charge is 0.287 e. The van der Waals surface area contributed by atoms with Crippen LogP contribution >= 0.6 is 0 Å². The molecule has 0 saturated carbocycles. The molecular weight excluding hydrogens is 234 g/mol. The summed E-state index contributed by atoms with van der Waals surface area (Å²) in [4.78, 5) is 13.9. The van der Waals surface area contributed by atoms with Crippen molar-refractivity contribution in [2.75, 3.05) is 13.2 Å². The first-order valence-corrected chi connectivity index (χ1v) is 6.22. The van der Waals surface area contributed by atoms with Crippen molar-refractivity contribution in [3.63, 3.8) is 0 Å². The summed E-state index contributed by atoms with van der Waals surface area (Å²) in [7, 11) is 0. The molecule has 1 aliphatic heterocycles. The first kappa shape index (κ1) is 12.8. The monoisotopic (exact) mass is 251 g/mol. The highest BCUT2D eigenvalue weighted by molar-refractivity contribution is 5.28. The number of nitrogens with zero attached hydrogens (tertiary/aromatic N) is 2. The summed E-state index contributed by atoms with van der Waals surface area (Å²) in [6.45, 7) is 1.67. The van der Waals surface area contributed by atoms with E-state index >= 15 is 0 Å². The zero-order chi connectivity index (χ0) is 12.8. The summed E-state index contributed by atoms with van der Waals surface area (Å²) >= 11 is 0. The zero-order valence-electron chi connectivity index (χ0n) is 10.2. The van der Waals surface area contributed by atoms with Gasteiger partial charge in [-0.3, -0.25) is 10.1 Å². The molecule has 1 aromatic rings. The lowest BCUT2D eigenvalue weighted by Crippen LogP contribution is -2.35. The second-order valence-corrected chi connectivity index (χ2v) is 4.40. The number of aromatic nitrogens is 1. The van der Waals surface area contributed by atoms with Gasteiger partial charge in [0.2, 0.25) is 5.88 Å². The number of hydrogen-bond acceptors (Lipinski definition) is 5. The van der Waals surface area contributed by atoms with Crippen molar-refractivity contribution < 1.29 is 9.66 Å². The minimum atomic E-state index is -0.470. The molecule has 6 heteroatoms. The van der Waals surface area contributed by atoms with Gasteiger partial charge in [-0.15, -0.1) is 0 Å². The van der Waals surface area contributed by atoms with Gasteiger partial charge in [0.15, 0.2) is 0 Å². The molecule has 2 heterocycles. The van der Waals surface area contributed by atoms with E-state index in [1.807, 2.05) is 0 Å². The Labute approximate surface area is 106 Å². The van der Waals surface area contributed by atoms with E-state index in [1.165, 1.54) is 37.6 Å². The van der Waals surface area contributed by atoms with Gasteiger partial charge >= 0.3 is 0 Å². The van der Waals surface area contributed by atoms with Crippen molar-refractivity contribution >= 4 is 5.69 Å². The highest BCUT2D eigenvalue weighted by Crippen LogP contribution is 2.15. The molecule has 0 aliphatic carbocycles. The van der Waals surface area contributed by atoms with Crippen molar-refractivity contribution in [2.24, 2.45) is 0 Å². The Kier molecular flexibility index (Phi) is 4.46. The van der Waals surface area contributed by atoms with E-state index in [1.54, 1.807) is 0 Å². The Hall–Kier alpha value is -1.69. The van der Waals surface area contributed by atoms with Crippen molar-refractivity contribution in [2.45, 2.75) is 31.7 Å². The molecule has 1 fully saturated rings. The molecule has 0 amide bonds.